The highest BCUT2D eigenvalue weighted by molar-refractivity contribution is 5.75. The first-order chi connectivity index (χ1) is 8.65. The maximum absolute atomic E-state index is 12.7. The number of aliphatic hydroxyl groups excluding tert-OH is 1. The van der Waals surface area contributed by atoms with Gasteiger partial charge in [-0.3, -0.25) is 4.79 Å². The minimum Gasteiger partial charge on any atom is -0.387 e. The molecule has 1 unspecified atom stereocenters. The molecule has 18 heavy (non-hydrogen) atoms. The van der Waals surface area contributed by atoms with E-state index in [9.17, 15) is 14.3 Å². The maximum atomic E-state index is 12.7. The molecule has 0 bridgehead atoms. The van der Waals surface area contributed by atoms with Crippen LogP contribution in [-0.2, 0) is 4.79 Å². The lowest BCUT2D eigenvalue weighted by molar-refractivity contribution is -0.121. The zero-order valence-electron chi connectivity index (χ0n) is 10.2. The second-order valence-electron chi connectivity index (χ2n) is 4.85. The highest BCUT2D eigenvalue weighted by Gasteiger charge is 2.21. The number of rotatable bonds is 6. The zero-order valence-corrected chi connectivity index (χ0v) is 10.2. The van der Waals surface area contributed by atoms with Crippen molar-refractivity contribution >= 4 is 5.91 Å². The number of benzene rings is 1. The normalized spacial score (nSPS) is 16.3. The number of hydrogen-bond donors (Lipinski definition) is 2. The number of nitrogens with one attached hydrogen (secondary N) is 1. The molecule has 2 rings (SSSR count). The van der Waals surface area contributed by atoms with E-state index in [2.05, 4.69) is 5.32 Å². The fourth-order valence-electron chi connectivity index (χ4n) is 1.84. The molecule has 1 fully saturated rings. The fraction of sp³-hybridized carbons (Fsp3) is 0.500. The smallest absolute Gasteiger partial charge is 0.220 e. The Morgan fingerprint density at radius 1 is 1.39 bits per heavy atom. The lowest BCUT2D eigenvalue weighted by Crippen LogP contribution is -2.28. The lowest BCUT2D eigenvalue weighted by atomic mass is 10.1. The topological polar surface area (TPSA) is 49.3 Å². The van der Waals surface area contributed by atoms with E-state index in [0.717, 1.165) is 12.3 Å². The number of amides is 1. The predicted octanol–water partition coefficient (Wildman–Crippen LogP) is 2.17. The molecular weight excluding hydrogens is 233 g/mol. The first-order valence-corrected chi connectivity index (χ1v) is 6.35. The predicted molar refractivity (Wildman–Crippen MR) is 66.3 cm³/mol. The summed E-state index contributed by atoms with van der Waals surface area (Å²) < 4.78 is 12.7. The minimum absolute atomic E-state index is 0.0249. The van der Waals surface area contributed by atoms with Crippen LogP contribution in [0, 0.1) is 11.7 Å². The fourth-order valence-corrected chi connectivity index (χ4v) is 1.84. The number of aliphatic hydroxyl groups is 1. The summed E-state index contributed by atoms with van der Waals surface area (Å²) in [5.41, 5.74) is 0.610. The minimum atomic E-state index is -0.782. The van der Waals surface area contributed by atoms with Crippen LogP contribution < -0.4 is 5.32 Å². The van der Waals surface area contributed by atoms with Gasteiger partial charge in [-0.05, 0) is 30.0 Å². The molecule has 1 amide bonds. The maximum Gasteiger partial charge on any atom is 0.220 e. The first kappa shape index (κ1) is 13.0. The summed E-state index contributed by atoms with van der Waals surface area (Å²) in [6.45, 7) is 0.176. The second-order valence-corrected chi connectivity index (χ2v) is 4.85. The molecule has 0 saturated heterocycles. The molecule has 1 aliphatic carbocycles. The van der Waals surface area contributed by atoms with Crippen molar-refractivity contribution in [3.8, 4) is 0 Å². The molecule has 2 N–H and O–H groups in total. The molecule has 1 aliphatic rings. The van der Waals surface area contributed by atoms with Gasteiger partial charge in [0.15, 0.2) is 0 Å². The molecule has 1 saturated carbocycles. The van der Waals surface area contributed by atoms with Crippen LogP contribution in [0.5, 0.6) is 0 Å². The average Bonchev–Trinajstić information content (AvgIpc) is 3.18. The van der Waals surface area contributed by atoms with Crippen molar-refractivity contribution in [3.63, 3.8) is 0 Å². The van der Waals surface area contributed by atoms with Crippen molar-refractivity contribution in [1.82, 2.24) is 5.32 Å². The molecule has 4 heteroatoms. The van der Waals surface area contributed by atoms with Crippen molar-refractivity contribution in [3.05, 3.63) is 35.6 Å². The first-order valence-electron chi connectivity index (χ1n) is 6.35. The third-order valence-corrected chi connectivity index (χ3v) is 3.22. The standard InChI is InChI=1S/C14H18FNO2/c15-12-6-4-11(5-7-12)13(17)9-16-14(18)8-3-10-1-2-10/h4-7,10,13,17H,1-3,8-9H2,(H,16,18). The van der Waals surface area contributed by atoms with Crippen LogP contribution in [0.2, 0.25) is 0 Å². The largest absolute Gasteiger partial charge is 0.387 e. The van der Waals surface area contributed by atoms with Gasteiger partial charge in [0.1, 0.15) is 5.82 Å². The van der Waals surface area contributed by atoms with E-state index in [1.54, 1.807) is 0 Å². The van der Waals surface area contributed by atoms with Crippen LogP contribution in [0.25, 0.3) is 0 Å². The summed E-state index contributed by atoms with van der Waals surface area (Å²) in [6, 6.07) is 5.65. The van der Waals surface area contributed by atoms with Crippen molar-refractivity contribution < 1.29 is 14.3 Å². The Balaban J connectivity index is 1.71. The highest BCUT2D eigenvalue weighted by atomic mass is 19.1. The molecule has 1 atom stereocenters. The number of carbonyl (C=O) groups excluding carboxylic acids is 1. The summed E-state index contributed by atoms with van der Waals surface area (Å²) in [4.78, 5) is 11.5. The van der Waals surface area contributed by atoms with Gasteiger partial charge in [-0.15, -0.1) is 0 Å². The SMILES string of the molecule is O=C(CCC1CC1)NCC(O)c1ccc(F)cc1. The molecule has 1 aromatic rings. The van der Waals surface area contributed by atoms with Crippen LogP contribution in [0.3, 0.4) is 0 Å². The van der Waals surface area contributed by atoms with Gasteiger partial charge < -0.3 is 10.4 Å². The Hall–Kier alpha value is -1.42. The molecule has 3 nitrogen and oxygen atoms in total. The van der Waals surface area contributed by atoms with Gasteiger partial charge in [-0.1, -0.05) is 25.0 Å². The van der Waals surface area contributed by atoms with E-state index in [0.29, 0.717) is 12.0 Å². The summed E-state index contributed by atoms with van der Waals surface area (Å²) in [5.74, 6) is 0.375. The van der Waals surface area contributed by atoms with E-state index in [-0.39, 0.29) is 18.3 Å². The van der Waals surface area contributed by atoms with Crippen LogP contribution in [0.4, 0.5) is 4.39 Å². The molecule has 1 aromatic carbocycles. The van der Waals surface area contributed by atoms with Gasteiger partial charge in [0, 0.05) is 13.0 Å². The Morgan fingerprint density at radius 3 is 2.67 bits per heavy atom. The number of hydrogen-bond acceptors (Lipinski definition) is 2. The van der Waals surface area contributed by atoms with E-state index < -0.39 is 6.10 Å². The third kappa shape index (κ3) is 4.11. The molecule has 98 valence electrons. The average molecular weight is 251 g/mol. The number of carbonyl (C=O) groups is 1. The van der Waals surface area contributed by atoms with Gasteiger partial charge in [-0.25, -0.2) is 4.39 Å². The zero-order chi connectivity index (χ0) is 13.0. The molecule has 0 aromatic heterocycles. The van der Waals surface area contributed by atoms with Gasteiger partial charge >= 0.3 is 0 Å². The Kier molecular flexibility index (Phi) is 4.31. The van der Waals surface area contributed by atoms with Crippen LogP contribution in [0.1, 0.15) is 37.4 Å². The van der Waals surface area contributed by atoms with Crippen LogP contribution in [0.15, 0.2) is 24.3 Å². The van der Waals surface area contributed by atoms with E-state index in [4.69, 9.17) is 0 Å². The third-order valence-electron chi connectivity index (χ3n) is 3.22. The molecular formula is C14H18FNO2. The quantitative estimate of drug-likeness (QED) is 0.814. The highest BCUT2D eigenvalue weighted by Crippen LogP contribution is 2.33. The van der Waals surface area contributed by atoms with E-state index in [1.165, 1.54) is 37.1 Å². The number of halogens is 1. The van der Waals surface area contributed by atoms with Gasteiger partial charge in [0.05, 0.1) is 6.10 Å². The van der Waals surface area contributed by atoms with E-state index in [1.807, 2.05) is 0 Å². The van der Waals surface area contributed by atoms with Crippen LogP contribution in [-0.4, -0.2) is 17.6 Å². The second kappa shape index (κ2) is 5.96. The van der Waals surface area contributed by atoms with Crippen molar-refractivity contribution in [2.24, 2.45) is 5.92 Å². The van der Waals surface area contributed by atoms with Gasteiger partial charge in [-0.2, -0.15) is 0 Å². The summed E-state index contributed by atoms with van der Waals surface area (Å²) >= 11 is 0. The van der Waals surface area contributed by atoms with Crippen molar-refractivity contribution in [2.75, 3.05) is 6.54 Å². The van der Waals surface area contributed by atoms with E-state index >= 15 is 0 Å². The van der Waals surface area contributed by atoms with Crippen LogP contribution >= 0.6 is 0 Å². The Labute approximate surface area is 106 Å². The molecule has 0 spiro atoms. The summed E-state index contributed by atoms with van der Waals surface area (Å²) in [5, 5.41) is 12.5. The summed E-state index contributed by atoms with van der Waals surface area (Å²) in [6.07, 6.45) is 3.17. The summed E-state index contributed by atoms with van der Waals surface area (Å²) in [7, 11) is 0. The Morgan fingerprint density at radius 2 is 2.06 bits per heavy atom. The van der Waals surface area contributed by atoms with Gasteiger partial charge in [0.2, 0.25) is 5.91 Å². The molecule has 0 heterocycles. The lowest BCUT2D eigenvalue weighted by Gasteiger charge is -2.12. The van der Waals surface area contributed by atoms with Crippen molar-refractivity contribution in [2.45, 2.75) is 31.8 Å². The van der Waals surface area contributed by atoms with Gasteiger partial charge in [0.25, 0.3) is 0 Å². The Bertz CT molecular complexity index is 401. The monoisotopic (exact) mass is 251 g/mol. The van der Waals surface area contributed by atoms with Crippen molar-refractivity contribution in [1.29, 1.82) is 0 Å². The molecule has 0 aliphatic heterocycles. The molecule has 0 radical (unpaired) electrons.